The lowest BCUT2D eigenvalue weighted by atomic mass is 10.0. The van der Waals surface area contributed by atoms with E-state index in [0.29, 0.717) is 12.1 Å². The van der Waals surface area contributed by atoms with Gasteiger partial charge < -0.3 is 0 Å². The Morgan fingerprint density at radius 2 is 1.53 bits per heavy atom. The molecule has 1 heterocycles. The lowest BCUT2D eigenvalue weighted by Gasteiger charge is -2.03. The number of sulfonamides is 1. The standard InChI is InChI=1S/C23H20FN3O2S/c24-19-9-7-18(8-10-19)22-16-27(20-11-13-21(14-12-20)30(25,28)29)26-23(22)15-6-17-4-2-1-3-5-17/h1-5,7-14,16H,6,15H2,(H2,25,28,29). The second kappa shape index (κ2) is 8.22. The molecule has 0 radical (unpaired) electrons. The van der Waals surface area contributed by atoms with Gasteiger partial charge in [0.2, 0.25) is 10.0 Å². The van der Waals surface area contributed by atoms with E-state index >= 15 is 0 Å². The highest BCUT2D eigenvalue weighted by atomic mass is 32.2. The molecule has 0 saturated heterocycles. The minimum absolute atomic E-state index is 0.0430. The van der Waals surface area contributed by atoms with Gasteiger partial charge in [0.05, 0.1) is 16.3 Å². The topological polar surface area (TPSA) is 78.0 Å². The minimum atomic E-state index is -3.76. The van der Waals surface area contributed by atoms with E-state index in [2.05, 4.69) is 12.1 Å². The van der Waals surface area contributed by atoms with Crippen LogP contribution in [0.5, 0.6) is 0 Å². The molecule has 7 heteroatoms. The number of benzene rings is 3. The molecule has 0 aliphatic heterocycles. The van der Waals surface area contributed by atoms with Crippen molar-refractivity contribution in [1.82, 2.24) is 9.78 Å². The first-order valence-electron chi connectivity index (χ1n) is 9.42. The Bertz CT molecular complexity index is 1250. The molecule has 3 aromatic carbocycles. The zero-order chi connectivity index (χ0) is 21.1. The molecule has 0 unspecified atom stereocenters. The van der Waals surface area contributed by atoms with E-state index in [-0.39, 0.29) is 10.7 Å². The molecule has 1 aromatic heterocycles. The van der Waals surface area contributed by atoms with Gasteiger partial charge in [0.25, 0.3) is 0 Å². The smallest absolute Gasteiger partial charge is 0.238 e. The number of hydrogen-bond donors (Lipinski definition) is 1. The van der Waals surface area contributed by atoms with Crippen molar-refractivity contribution in [3.63, 3.8) is 0 Å². The molecule has 30 heavy (non-hydrogen) atoms. The van der Waals surface area contributed by atoms with E-state index in [0.717, 1.165) is 23.2 Å². The Kier molecular flexibility index (Phi) is 5.48. The zero-order valence-electron chi connectivity index (χ0n) is 16.1. The number of aryl methyl sites for hydroxylation is 2. The van der Waals surface area contributed by atoms with E-state index in [1.807, 2.05) is 24.4 Å². The zero-order valence-corrected chi connectivity index (χ0v) is 16.9. The molecule has 0 bridgehead atoms. The van der Waals surface area contributed by atoms with Crippen LogP contribution >= 0.6 is 0 Å². The van der Waals surface area contributed by atoms with Gasteiger partial charge in [-0.05, 0) is 60.4 Å². The average molecular weight is 421 g/mol. The third-order valence-corrected chi connectivity index (χ3v) is 5.80. The highest BCUT2D eigenvalue weighted by molar-refractivity contribution is 7.89. The number of hydrogen-bond acceptors (Lipinski definition) is 3. The third kappa shape index (κ3) is 4.48. The van der Waals surface area contributed by atoms with Crippen molar-refractivity contribution in [2.24, 2.45) is 5.14 Å². The number of nitrogens with zero attached hydrogens (tertiary/aromatic N) is 2. The number of primary sulfonamides is 1. The summed E-state index contributed by atoms with van der Waals surface area (Å²) < 4.78 is 38.1. The predicted molar refractivity (Wildman–Crippen MR) is 114 cm³/mol. The summed E-state index contributed by atoms with van der Waals surface area (Å²) in [4.78, 5) is 0.0430. The average Bonchev–Trinajstić information content (AvgIpc) is 3.17. The Labute approximate surface area is 174 Å². The molecule has 4 rings (SSSR count). The number of aromatic nitrogens is 2. The van der Waals surface area contributed by atoms with Crippen LogP contribution in [0.2, 0.25) is 0 Å². The third-order valence-electron chi connectivity index (χ3n) is 4.87. The molecule has 4 aromatic rings. The molecular formula is C23H20FN3O2S. The summed E-state index contributed by atoms with van der Waals surface area (Å²) in [5.41, 5.74) is 4.56. The van der Waals surface area contributed by atoms with Crippen molar-refractivity contribution in [3.8, 4) is 16.8 Å². The lowest BCUT2D eigenvalue weighted by molar-refractivity contribution is 0.597. The monoisotopic (exact) mass is 421 g/mol. The number of nitrogens with two attached hydrogens (primary N) is 1. The first-order chi connectivity index (χ1) is 14.4. The molecule has 5 nitrogen and oxygen atoms in total. The van der Waals surface area contributed by atoms with Crippen LogP contribution in [0, 0.1) is 5.82 Å². The van der Waals surface area contributed by atoms with Crippen LogP contribution in [-0.4, -0.2) is 18.2 Å². The van der Waals surface area contributed by atoms with Crippen molar-refractivity contribution in [1.29, 1.82) is 0 Å². The Balaban J connectivity index is 1.70. The molecule has 0 spiro atoms. The van der Waals surface area contributed by atoms with Gasteiger partial charge in [0.1, 0.15) is 5.82 Å². The SMILES string of the molecule is NS(=O)(=O)c1ccc(-n2cc(-c3ccc(F)cc3)c(CCc3ccccc3)n2)cc1. The highest BCUT2D eigenvalue weighted by Gasteiger charge is 2.14. The van der Waals surface area contributed by atoms with Crippen LogP contribution in [-0.2, 0) is 22.9 Å². The van der Waals surface area contributed by atoms with E-state index in [1.165, 1.54) is 29.8 Å². The Morgan fingerprint density at radius 3 is 2.17 bits per heavy atom. The van der Waals surface area contributed by atoms with Crippen LogP contribution in [0.25, 0.3) is 16.8 Å². The summed E-state index contributed by atoms with van der Waals surface area (Å²) in [5, 5.41) is 9.90. The quantitative estimate of drug-likeness (QED) is 0.509. The van der Waals surface area contributed by atoms with E-state index < -0.39 is 10.0 Å². The number of rotatable bonds is 6. The maximum atomic E-state index is 13.4. The van der Waals surface area contributed by atoms with Gasteiger partial charge >= 0.3 is 0 Å². The molecule has 2 N–H and O–H groups in total. The van der Waals surface area contributed by atoms with E-state index in [1.54, 1.807) is 28.9 Å². The summed E-state index contributed by atoms with van der Waals surface area (Å²) in [7, 11) is -3.76. The molecule has 0 aliphatic carbocycles. The van der Waals surface area contributed by atoms with Gasteiger partial charge in [-0.3, -0.25) is 0 Å². The van der Waals surface area contributed by atoms with Crippen LogP contribution in [0.3, 0.4) is 0 Å². The van der Waals surface area contributed by atoms with Crippen molar-refractivity contribution >= 4 is 10.0 Å². The second-order valence-corrected chi connectivity index (χ2v) is 8.53. The molecule has 0 saturated carbocycles. The summed E-state index contributed by atoms with van der Waals surface area (Å²) in [6, 6.07) is 22.6. The summed E-state index contributed by atoms with van der Waals surface area (Å²) in [5.74, 6) is -0.296. The van der Waals surface area contributed by atoms with Gasteiger partial charge in [-0.1, -0.05) is 42.5 Å². The molecule has 152 valence electrons. The maximum absolute atomic E-state index is 13.4. The second-order valence-electron chi connectivity index (χ2n) is 6.97. The molecular weight excluding hydrogens is 401 g/mol. The first-order valence-corrected chi connectivity index (χ1v) is 11.0. The molecule has 0 fully saturated rings. The molecule has 0 amide bonds. The first kappa shape index (κ1) is 20.0. The van der Waals surface area contributed by atoms with Crippen molar-refractivity contribution < 1.29 is 12.8 Å². The fourth-order valence-electron chi connectivity index (χ4n) is 3.29. The fraction of sp³-hybridized carbons (Fsp3) is 0.0870. The van der Waals surface area contributed by atoms with Crippen molar-refractivity contribution in [2.75, 3.05) is 0 Å². The van der Waals surface area contributed by atoms with Gasteiger partial charge in [-0.2, -0.15) is 5.10 Å². The van der Waals surface area contributed by atoms with Crippen LogP contribution < -0.4 is 5.14 Å². The normalized spacial score (nSPS) is 11.5. The van der Waals surface area contributed by atoms with Crippen LogP contribution in [0.4, 0.5) is 4.39 Å². The van der Waals surface area contributed by atoms with Gasteiger partial charge in [0.15, 0.2) is 0 Å². The minimum Gasteiger partial charge on any atom is -0.240 e. The largest absolute Gasteiger partial charge is 0.240 e. The molecule has 0 atom stereocenters. The highest BCUT2D eigenvalue weighted by Crippen LogP contribution is 2.26. The van der Waals surface area contributed by atoms with Gasteiger partial charge in [-0.25, -0.2) is 22.6 Å². The summed E-state index contributed by atoms with van der Waals surface area (Å²) >= 11 is 0. The Morgan fingerprint density at radius 1 is 0.867 bits per heavy atom. The van der Waals surface area contributed by atoms with E-state index in [9.17, 15) is 12.8 Å². The summed E-state index contributed by atoms with van der Waals surface area (Å²) in [6.45, 7) is 0. The summed E-state index contributed by atoms with van der Waals surface area (Å²) in [6.07, 6.45) is 3.40. The fourth-order valence-corrected chi connectivity index (χ4v) is 3.81. The maximum Gasteiger partial charge on any atom is 0.238 e. The van der Waals surface area contributed by atoms with Crippen molar-refractivity contribution in [3.05, 3.63) is 102 Å². The van der Waals surface area contributed by atoms with Gasteiger partial charge in [-0.15, -0.1) is 0 Å². The van der Waals surface area contributed by atoms with E-state index in [4.69, 9.17) is 10.2 Å². The van der Waals surface area contributed by atoms with Crippen molar-refractivity contribution in [2.45, 2.75) is 17.7 Å². The van der Waals surface area contributed by atoms with Crippen LogP contribution in [0.15, 0.2) is 90.0 Å². The lowest BCUT2D eigenvalue weighted by Crippen LogP contribution is -2.12. The number of halogens is 1. The Hall–Kier alpha value is -3.29. The molecule has 0 aliphatic rings. The van der Waals surface area contributed by atoms with Crippen LogP contribution in [0.1, 0.15) is 11.3 Å². The van der Waals surface area contributed by atoms with Gasteiger partial charge in [0, 0.05) is 11.8 Å². The predicted octanol–water partition coefficient (Wildman–Crippen LogP) is 4.11.